The Hall–Kier alpha value is -2.80. The second kappa shape index (κ2) is 8.98. The smallest absolute Gasteiger partial charge is 0.227 e. The number of rotatable bonds is 7. The summed E-state index contributed by atoms with van der Waals surface area (Å²) >= 11 is 0. The van der Waals surface area contributed by atoms with Crippen LogP contribution >= 0.6 is 0 Å². The van der Waals surface area contributed by atoms with Gasteiger partial charge in [-0.3, -0.25) is 4.79 Å². The molecule has 1 unspecified atom stereocenters. The standard InChI is InChI=1S/C25H29NO5S/c1-4-30-22-7-5-19(6-8-22)14-26(21-9-10-32(28,29)16-21)24(27)13-20-15-31-23-12-17(2)11-18(3)25(20)23/h5-8,11-12,15,21H,4,9-10,13-14,16H2,1-3H3. The van der Waals surface area contributed by atoms with Crippen LogP contribution in [0.3, 0.4) is 0 Å². The highest BCUT2D eigenvalue weighted by molar-refractivity contribution is 7.91. The van der Waals surface area contributed by atoms with E-state index in [1.807, 2.05) is 51.1 Å². The topological polar surface area (TPSA) is 76.8 Å². The lowest BCUT2D eigenvalue weighted by molar-refractivity contribution is -0.133. The predicted octanol–water partition coefficient (Wildman–Crippen LogP) is 4.21. The highest BCUT2D eigenvalue weighted by Crippen LogP contribution is 2.28. The lowest BCUT2D eigenvalue weighted by Crippen LogP contribution is -2.41. The third kappa shape index (κ3) is 4.83. The Labute approximate surface area is 189 Å². The van der Waals surface area contributed by atoms with Crippen molar-refractivity contribution in [3.63, 3.8) is 0 Å². The molecule has 0 saturated carbocycles. The lowest BCUT2D eigenvalue weighted by Gasteiger charge is -2.28. The Morgan fingerprint density at radius 1 is 1.19 bits per heavy atom. The molecule has 2 aromatic carbocycles. The summed E-state index contributed by atoms with van der Waals surface area (Å²) in [7, 11) is -3.12. The molecule has 0 radical (unpaired) electrons. The molecule has 1 atom stereocenters. The van der Waals surface area contributed by atoms with Crippen LogP contribution in [0.15, 0.2) is 47.1 Å². The van der Waals surface area contributed by atoms with Gasteiger partial charge in [0.25, 0.3) is 0 Å². The number of sulfone groups is 1. The lowest BCUT2D eigenvalue weighted by atomic mass is 10.0. The van der Waals surface area contributed by atoms with Gasteiger partial charge in [-0.1, -0.05) is 18.2 Å². The molecule has 0 bridgehead atoms. The molecule has 4 rings (SSSR count). The average Bonchev–Trinajstić information content (AvgIpc) is 3.30. The Kier molecular flexibility index (Phi) is 6.29. The van der Waals surface area contributed by atoms with E-state index in [9.17, 15) is 13.2 Å². The first-order valence-electron chi connectivity index (χ1n) is 10.9. The number of carbonyl (C=O) groups is 1. The molecule has 170 valence electrons. The first kappa shape index (κ1) is 22.4. The maximum absolute atomic E-state index is 13.5. The van der Waals surface area contributed by atoms with Crippen LogP contribution in [0.25, 0.3) is 11.0 Å². The molecular weight excluding hydrogens is 426 g/mol. The first-order chi connectivity index (χ1) is 15.3. The summed E-state index contributed by atoms with van der Waals surface area (Å²) in [5, 5.41) is 0.962. The van der Waals surface area contributed by atoms with Gasteiger partial charge in [-0.05, 0) is 62.1 Å². The van der Waals surface area contributed by atoms with E-state index in [1.165, 1.54) is 0 Å². The van der Waals surface area contributed by atoms with Crippen molar-refractivity contribution >= 4 is 26.7 Å². The first-order valence-corrected chi connectivity index (χ1v) is 12.8. The number of ether oxygens (including phenoxy) is 1. The van der Waals surface area contributed by atoms with E-state index in [0.29, 0.717) is 19.6 Å². The molecule has 3 aromatic rings. The fourth-order valence-electron chi connectivity index (χ4n) is 4.52. The molecule has 7 heteroatoms. The van der Waals surface area contributed by atoms with Crippen molar-refractivity contribution in [2.75, 3.05) is 18.1 Å². The molecule has 6 nitrogen and oxygen atoms in total. The summed E-state index contributed by atoms with van der Waals surface area (Å²) in [4.78, 5) is 15.2. The van der Waals surface area contributed by atoms with E-state index in [2.05, 4.69) is 6.07 Å². The minimum atomic E-state index is -3.12. The Morgan fingerprint density at radius 3 is 2.59 bits per heavy atom. The van der Waals surface area contributed by atoms with Crippen molar-refractivity contribution in [3.8, 4) is 5.75 Å². The monoisotopic (exact) mass is 455 g/mol. The number of hydrogen-bond acceptors (Lipinski definition) is 5. The summed E-state index contributed by atoms with van der Waals surface area (Å²) in [6, 6.07) is 11.3. The molecule has 1 aromatic heterocycles. The summed E-state index contributed by atoms with van der Waals surface area (Å²) in [5.74, 6) is 0.814. The second-order valence-corrected chi connectivity index (χ2v) is 10.8. The van der Waals surface area contributed by atoms with Crippen LogP contribution in [0.1, 0.15) is 35.6 Å². The van der Waals surface area contributed by atoms with Crippen LogP contribution < -0.4 is 4.74 Å². The summed E-state index contributed by atoms with van der Waals surface area (Å²) < 4.78 is 35.5. The number of carbonyl (C=O) groups excluding carboxylic acids is 1. The maximum atomic E-state index is 13.5. The minimum absolute atomic E-state index is 0.0140. The van der Waals surface area contributed by atoms with Gasteiger partial charge < -0.3 is 14.1 Å². The van der Waals surface area contributed by atoms with Crippen molar-refractivity contribution in [1.82, 2.24) is 4.90 Å². The number of hydrogen-bond donors (Lipinski definition) is 0. The minimum Gasteiger partial charge on any atom is -0.494 e. The van der Waals surface area contributed by atoms with Gasteiger partial charge in [0.05, 0.1) is 30.8 Å². The molecule has 1 fully saturated rings. The van der Waals surface area contributed by atoms with Gasteiger partial charge in [-0.15, -0.1) is 0 Å². The van der Waals surface area contributed by atoms with Gasteiger partial charge in [0, 0.05) is 23.5 Å². The predicted molar refractivity (Wildman–Crippen MR) is 125 cm³/mol. The van der Waals surface area contributed by atoms with Gasteiger partial charge in [-0.25, -0.2) is 8.42 Å². The summed E-state index contributed by atoms with van der Waals surface area (Å²) in [6.07, 6.45) is 2.29. The highest BCUT2D eigenvalue weighted by Gasteiger charge is 2.35. The highest BCUT2D eigenvalue weighted by atomic mass is 32.2. The zero-order valence-electron chi connectivity index (χ0n) is 18.8. The number of fused-ring (bicyclic) bond motifs is 1. The summed E-state index contributed by atoms with van der Waals surface area (Å²) in [6.45, 7) is 6.90. The van der Waals surface area contributed by atoms with E-state index < -0.39 is 9.84 Å². The second-order valence-electron chi connectivity index (χ2n) is 8.55. The fourth-order valence-corrected chi connectivity index (χ4v) is 6.25. The molecule has 1 amide bonds. The third-order valence-corrected chi connectivity index (χ3v) is 7.74. The average molecular weight is 456 g/mol. The van der Waals surface area contributed by atoms with Crippen molar-refractivity contribution in [2.24, 2.45) is 0 Å². The van der Waals surface area contributed by atoms with E-state index in [1.54, 1.807) is 11.2 Å². The maximum Gasteiger partial charge on any atom is 0.227 e. The van der Waals surface area contributed by atoms with E-state index in [0.717, 1.165) is 39.0 Å². The number of benzene rings is 2. The Balaban J connectivity index is 1.60. The molecule has 2 heterocycles. The molecule has 1 saturated heterocycles. The van der Waals surface area contributed by atoms with Crippen molar-refractivity contribution in [2.45, 2.75) is 46.2 Å². The zero-order valence-corrected chi connectivity index (χ0v) is 19.6. The molecule has 1 aliphatic heterocycles. The van der Waals surface area contributed by atoms with Gasteiger partial charge in [0.2, 0.25) is 5.91 Å². The van der Waals surface area contributed by atoms with E-state index >= 15 is 0 Å². The zero-order chi connectivity index (χ0) is 22.9. The van der Waals surface area contributed by atoms with Crippen molar-refractivity contribution in [1.29, 1.82) is 0 Å². The quantitative estimate of drug-likeness (QED) is 0.533. The van der Waals surface area contributed by atoms with Crippen LogP contribution in [-0.4, -0.2) is 43.4 Å². The van der Waals surface area contributed by atoms with Crippen LogP contribution in [0, 0.1) is 13.8 Å². The molecule has 32 heavy (non-hydrogen) atoms. The van der Waals surface area contributed by atoms with Gasteiger partial charge in [0.1, 0.15) is 11.3 Å². The van der Waals surface area contributed by atoms with Crippen LogP contribution in [-0.2, 0) is 27.6 Å². The van der Waals surface area contributed by atoms with Crippen LogP contribution in [0.2, 0.25) is 0 Å². The SMILES string of the molecule is CCOc1ccc(CN(C(=O)Cc2coc3cc(C)cc(C)c23)C2CCS(=O)(=O)C2)cc1. The molecule has 1 aliphatic rings. The van der Waals surface area contributed by atoms with Crippen molar-refractivity contribution < 1.29 is 22.4 Å². The Morgan fingerprint density at radius 2 is 1.94 bits per heavy atom. The fraction of sp³-hybridized carbons (Fsp3) is 0.400. The number of nitrogens with zero attached hydrogens (tertiary/aromatic N) is 1. The number of furan rings is 1. The number of aryl methyl sites for hydroxylation is 2. The largest absolute Gasteiger partial charge is 0.494 e. The van der Waals surface area contributed by atoms with Gasteiger partial charge >= 0.3 is 0 Å². The Bertz CT molecular complexity index is 1230. The van der Waals surface area contributed by atoms with Gasteiger partial charge in [-0.2, -0.15) is 0 Å². The van der Waals surface area contributed by atoms with Crippen molar-refractivity contribution in [3.05, 3.63) is 64.9 Å². The molecule has 0 aliphatic carbocycles. The number of amides is 1. The normalized spacial score (nSPS) is 17.5. The molecular formula is C25H29NO5S. The van der Waals surface area contributed by atoms with Crippen LogP contribution in [0.5, 0.6) is 5.75 Å². The van der Waals surface area contributed by atoms with E-state index in [-0.39, 0.29) is 29.9 Å². The molecule has 0 spiro atoms. The molecule has 0 N–H and O–H groups in total. The van der Waals surface area contributed by atoms with Gasteiger partial charge in [0.15, 0.2) is 9.84 Å². The summed E-state index contributed by atoms with van der Waals surface area (Å²) in [5.41, 5.74) is 4.72. The van der Waals surface area contributed by atoms with Crippen LogP contribution in [0.4, 0.5) is 0 Å². The third-order valence-electron chi connectivity index (χ3n) is 5.99. The van der Waals surface area contributed by atoms with E-state index in [4.69, 9.17) is 9.15 Å².